The lowest BCUT2D eigenvalue weighted by Gasteiger charge is -2.12. The van der Waals surface area contributed by atoms with Crippen LogP contribution in [-0.4, -0.2) is 17.1 Å². The van der Waals surface area contributed by atoms with Gasteiger partial charge in [-0.2, -0.15) is 0 Å². The molecule has 0 aliphatic heterocycles. The highest BCUT2D eigenvalue weighted by molar-refractivity contribution is 5.97. The first-order valence-corrected chi connectivity index (χ1v) is 5.30. The standard InChI is InChI=1S/C12H16N2O2/c1-12(2)6-9(12)14-8-5-3-4-7(10(8)13)11(15)16/h3-5,9,14H,6,13H2,1-2H3,(H,15,16). The van der Waals surface area contributed by atoms with E-state index in [9.17, 15) is 4.79 Å². The number of carboxylic acid groups (broad SMARTS) is 1. The van der Waals surface area contributed by atoms with Crippen LogP contribution in [0.1, 0.15) is 30.6 Å². The van der Waals surface area contributed by atoms with Gasteiger partial charge in [0.2, 0.25) is 0 Å². The number of carbonyl (C=O) groups is 1. The van der Waals surface area contributed by atoms with E-state index in [1.54, 1.807) is 6.07 Å². The van der Waals surface area contributed by atoms with Crippen molar-refractivity contribution in [1.82, 2.24) is 0 Å². The summed E-state index contributed by atoms with van der Waals surface area (Å²) in [5.41, 5.74) is 7.28. The number of rotatable bonds is 3. The normalized spacial score (nSPS) is 21.5. The maximum absolute atomic E-state index is 10.9. The Bertz CT molecular complexity index is 441. The first-order chi connectivity index (χ1) is 7.42. The van der Waals surface area contributed by atoms with Gasteiger partial charge in [-0.1, -0.05) is 19.9 Å². The van der Waals surface area contributed by atoms with E-state index in [1.807, 2.05) is 6.07 Å². The van der Waals surface area contributed by atoms with Crippen molar-refractivity contribution >= 4 is 17.3 Å². The van der Waals surface area contributed by atoms with Gasteiger partial charge in [-0.15, -0.1) is 0 Å². The second kappa shape index (κ2) is 3.40. The zero-order chi connectivity index (χ0) is 11.9. The van der Waals surface area contributed by atoms with Gasteiger partial charge in [0.05, 0.1) is 16.9 Å². The predicted molar refractivity (Wildman–Crippen MR) is 63.6 cm³/mol. The van der Waals surface area contributed by atoms with Crippen LogP contribution in [0, 0.1) is 5.41 Å². The number of benzene rings is 1. The van der Waals surface area contributed by atoms with E-state index in [1.165, 1.54) is 6.07 Å². The summed E-state index contributed by atoms with van der Waals surface area (Å²) < 4.78 is 0. The molecule has 0 spiro atoms. The lowest BCUT2D eigenvalue weighted by molar-refractivity contribution is 0.0698. The molecule has 0 radical (unpaired) electrons. The van der Waals surface area contributed by atoms with Crippen molar-refractivity contribution in [3.8, 4) is 0 Å². The molecule has 1 fully saturated rings. The lowest BCUT2D eigenvalue weighted by Crippen LogP contribution is -2.12. The Labute approximate surface area is 94.5 Å². The van der Waals surface area contributed by atoms with Crippen LogP contribution < -0.4 is 11.1 Å². The Balaban J connectivity index is 2.22. The molecule has 1 aromatic rings. The zero-order valence-electron chi connectivity index (χ0n) is 9.45. The van der Waals surface area contributed by atoms with Gasteiger partial charge in [0, 0.05) is 6.04 Å². The summed E-state index contributed by atoms with van der Waals surface area (Å²) in [6, 6.07) is 5.42. The molecular formula is C12H16N2O2. The first-order valence-electron chi connectivity index (χ1n) is 5.30. The summed E-state index contributed by atoms with van der Waals surface area (Å²) in [7, 11) is 0. The third-order valence-corrected chi connectivity index (χ3v) is 3.18. The van der Waals surface area contributed by atoms with E-state index < -0.39 is 5.97 Å². The number of nitrogens with one attached hydrogen (secondary N) is 1. The number of anilines is 2. The monoisotopic (exact) mass is 220 g/mol. The number of hydrogen-bond acceptors (Lipinski definition) is 3. The van der Waals surface area contributed by atoms with Gasteiger partial charge >= 0.3 is 5.97 Å². The second-order valence-electron chi connectivity index (χ2n) is 4.96. The molecule has 1 atom stereocenters. The molecule has 0 aromatic heterocycles. The number of hydrogen-bond donors (Lipinski definition) is 3. The Morgan fingerprint density at radius 2 is 2.19 bits per heavy atom. The lowest BCUT2D eigenvalue weighted by atomic mass is 10.1. The fourth-order valence-corrected chi connectivity index (χ4v) is 1.78. The van der Waals surface area contributed by atoms with Crippen LogP contribution in [0.15, 0.2) is 18.2 Å². The largest absolute Gasteiger partial charge is 0.478 e. The van der Waals surface area contributed by atoms with E-state index in [0.29, 0.717) is 11.7 Å². The van der Waals surface area contributed by atoms with Crippen molar-refractivity contribution < 1.29 is 9.90 Å². The van der Waals surface area contributed by atoms with E-state index in [4.69, 9.17) is 10.8 Å². The molecule has 16 heavy (non-hydrogen) atoms. The average Bonchev–Trinajstić information content (AvgIpc) is 2.77. The highest BCUT2D eigenvalue weighted by Gasteiger charge is 2.45. The maximum atomic E-state index is 10.9. The third-order valence-electron chi connectivity index (χ3n) is 3.18. The van der Waals surface area contributed by atoms with Gasteiger partial charge in [-0.25, -0.2) is 4.79 Å². The average molecular weight is 220 g/mol. The van der Waals surface area contributed by atoms with Gasteiger partial charge in [0.25, 0.3) is 0 Å². The highest BCUT2D eigenvalue weighted by Crippen LogP contribution is 2.47. The second-order valence-corrected chi connectivity index (χ2v) is 4.96. The number of carboxylic acids is 1. The number of nitrogen functional groups attached to an aromatic ring is 1. The summed E-state index contributed by atoms with van der Waals surface area (Å²) in [5.74, 6) is -0.990. The summed E-state index contributed by atoms with van der Waals surface area (Å²) in [6.07, 6.45) is 1.09. The van der Waals surface area contributed by atoms with Gasteiger partial charge in [-0.3, -0.25) is 0 Å². The Hall–Kier alpha value is -1.71. The van der Waals surface area contributed by atoms with E-state index in [2.05, 4.69) is 19.2 Å². The molecule has 1 aliphatic carbocycles. The van der Waals surface area contributed by atoms with Crippen molar-refractivity contribution in [1.29, 1.82) is 0 Å². The van der Waals surface area contributed by atoms with E-state index in [0.717, 1.165) is 12.1 Å². The SMILES string of the molecule is CC1(C)CC1Nc1cccc(C(=O)O)c1N. The molecule has 1 aromatic carbocycles. The summed E-state index contributed by atoms with van der Waals surface area (Å²) in [6.45, 7) is 4.34. The smallest absolute Gasteiger partial charge is 0.337 e. The fraction of sp³-hybridized carbons (Fsp3) is 0.417. The van der Waals surface area contributed by atoms with Crippen LogP contribution in [0.2, 0.25) is 0 Å². The number of para-hydroxylation sites is 1. The summed E-state index contributed by atoms with van der Waals surface area (Å²) in [4.78, 5) is 10.9. The molecular weight excluding hydrogens is 204 g/mol. The van der Waals surface area contributed by atoms with E-state index in [-0.39, 0.29) is 11.0 Å². The van der Waals surface area contributed by atoms with Crippen LogP contribution in [0.25, 0.3) is 0 Å². The molecule has 1 saturated carbocycles. The maximum Gasteiger partial charge on any atom is 0.337 e. The number of nitrogens with two attached hydrogens (primary N) is 1. The van der Waals surface area contributed by atoms with Gasteiger partial charge in [0.15, 0.2) is 0 Å². The van der Waals surface area contributed by atoms with Crippen LogP contribution in [0.3, 0.4) is 0 Å². The Kier molecular flexibility index (Phi) is 2.30. The number of aromatic carboxylic acids is 1. The van der Waals surface area contributed by atoms with Crippen molar-refractivity contribution in [2.45, 2.75) is 26.3 Å². The molecule has 2 rings (SSSR count). The molecule has 4 heteroatoms. The summed E-state index contributed by atoms with van der Waals surface area (Å²) >= 11 is 0. The molecule has 4 N–H and O–H groups in total. The molecule has 0 bridgehead atoms. The minimum Gasteiger partial charge on any atom is -0.478 e. The van der Waals surface area contributed by atoms with E-state index >= 15 is 0 Å². The van der Waals surface area contributed by atoms with Gasteiger partial charge in [-0.05, 0) is 24.0 Å². The Morgan fingerprint density at radius 1 is 1.56 bits per heavy atom. The molecule has 1 unspecified atom stereocenters. The van der Waals surface area contributed by atoms with Crippen LogP contribution in [0.5, 0.6) is 0 Å². The molecule has 86 valence electrons. The molecule has 0 saturated heterocycles. The zero-order valence-corrected chi connectivity index (χ0v) is 9.45. The molecule has 0 amide bonds. The molecule has 0 heterocycles. The first kappa shape index (κ1) is 10.8. The third kappa shape index (κ3) is 1.83. The minimum atomic E-state index is -0.990. The highest BCUT2D eigenvalue weighted by atomic mass is 16.4. The topological polar surface area (TPSA) is 75.3 Å². The minimum absolute atomic E-state index is 0.156. The van der Waals surface area contributed by atoms with Crippen LogP contribution >= 0.6 is 0 Å². The predicted octanol–water partition coefficient (Wildman–Crippen LogP) is 2.18. The fourth-order valence-electron chi connectivity index (χ4n) is 1.78. The van der Waals surface area contributed by atoms with Crippen molar-refractivity contribution in [3.63, 3.8) is 0 Å². The van der Waals surface area contributed by atoms with Crippen LogP contribution in [-0.2, 0) is 0 Å². The van der Waals surface area contributed by atoms with Gasteiger partial charge in [0.1, 0.15) is 0 Å². The van der Waals surface area contributed by atoms with Crippen molar-refractivity contribution in [2.24, 2.45) is 5.41 Å². The Morgan fingerprint density at radius 3 is 2.69 bits per heavy atom. The van der Waals surface area contributed by atoms with Crippen LogP contribution in [0.4, 0.5) is 11.4 Å². The summed E-state index contributed by atoms with van der Waals surface area (Å²) in [5, 5.41) is 12.2. The molecule has 4 nitrogen and oxygen atoms in total. The quantitative estimate of drug-likeness (QED) is 0.682. The van der Waals surface area contributed by atoms with Crippen molar-refractivity contribution in [3.05, 3.63) is 23.8 Å². The van der Waals surface area contributed by atoms with Crippen molar-refractivity contribution in [2.75, 3.05) is 11.1 Å². The van der Waals surface area contributed by atoms with Gasteiger partial charge < -0.3 is 16.2 Å². The molecule has 1 aliphatic rings.